The van der Waals surface area contributed by atoms with Gasteiger partial charge in [-0.3, -0.25) is 4.79 Å². The number of hydrogen-bond donors (Lipinski definition) is 0. The number of aryl methyl sites for hydroxylation is 1. The Morgan fingerprint density at radius 1 is 0.892 bits per heavy atom. The highest BCUT2D eigenvalue weighted by Crippen LogP contribution is 2.30. The summed E-state index contributed by atoms with van der Waals surface area (Å²) in [5.41, 5.74) is 3.49. The van der Waals surface area contributed by atoms with Crippen LogP contribution in [0.3, 0.4) is 0 Å². The monoisotopic (exact) mass is 517 g/mol. The van der Waals surface area contributed by atoms with E-state index in [0.29, 0.717) is 31.6 Å². The molecule has 1 aliphatic rings. The molecule has 4 aromatic rings. The van der Waals surface area contributed by atoms with E-state index in [1.165, 1.54) is 0 Å². The fourth-order valence-corrected chi connectivity index (χ4v) is 6.66. The van der Waals surface area contributed by atoms with Gasteiger partial charge in [-0.25, -0.2) is 8.42 Å². The Morgan fingerprint density at radius 2 is 1.57 bits per heavy atom. The van der Waals surface area contributed by atoms with Crippen molar-refractivity contribution in [2.45, 2.75) is 24.1 Å². The minimum atomic E-state index is -3.61. The van der Waals surface area contributed by atoms with Gasteiger partial charge in [0, 0.05) is 43.3 Å². The molecule has 0 unspecified atom stereocenters. The van der Waals surface area contributed by atoms with E-state index in [-0.39, 0.29) is 23.1 Å². The minimum Gasteiger partial charge on any atom is -0.495 e. The number of methoxy groups -OCH3 is 1. The molecule has 0 bridgehead atoms. The van der Waals surface area contributed by atoms with Gasteiger partial charge < -0.3 is 19.1 Å². The highest BCUT2D eigenvalue weighted by Gasteiger charge is 2.26. The van der Waals surface area contributed by atoms with Gasteiger partial charge in [0.05, 0.1) is 23.4 Å². The van der Waals surface area contributed by atoms with Gasteiger partial charge in [-0.2, -0.15) is 0 Å². The van der Waals surface area contributed by atoms with Crippen molar-refractivity contribution in [3.63, 3.8) is 0 Å². The van der Waals surface area contributed by atoms with E-state index in [4.69, 9.17) is 4.74 Å². The van der Waals surface area contributed by atoms with Gasteiger partial charge in [-0.05, 0) is 36.2 Å². The van der Waals surface area contributed by atoms with Crippen molar-refractivity contribution in [2.24, 2.45) is 0 Å². The lowest BCUT2D eigenvalue weighted by Crippen LogP contribution is -2.49. The van der Waals surface area contributed by atoms with Crippen LogP contribution >= 0.6 is 0 Å². The Kier molecular flexibility index (Phi) is 6.93. The molecule has 5 rings (SSSR count). The topological polar surface area (TPSA) is 71.8 Å². The van der Waals surface area contributed by atoms with E-state index in [9.17, 15) is 13.2 Å². The number of fused-ring (bicyclic) bond motifs is 1. The molecule has 0 N–H and O–H groups in total. The zero-order valence-corrected chi connectivity index (χ0v) is 21.9. The lowest BCUT2D eigenvalue weighted by molar-refractivity contribution is -0.132. The SMILES string of the molecule is COc1ccccc1N1CCN(C(=O)Cn2cc(S(=O)(=O)Cc3ccccc3C)c3ccccc32)CC1. The van der Waals surface area contributed by atoms with E-state index in [1.54, 1.807) is 17.9 Å². The van der Waals surface area contributed by atoms with Crippen LogP contribution in [0.5, 0.6) is 5.75 Å². The number of sulfone groups is 1. The molecule has 0 radical (unpaired) electrons. The van der Waals surface area contributed by atoms with Crippen molar-refractivity contribution in [1.82, 2.24) is 9.47 Å². The lowest BCUT2D eigenvalue weighted by atomic mass is 10.1. The van der Waals surface area contributed by atoms with Crippen LogP contribution in [0.25, 0.3) is 10.9 Å². The molecule has 1 amide bonds. The van der Waals surface area contributed by atoms with E-state index < -0.39 is 9.84 Å². The van der Waals surface area contributed by atoms with Crippen molar-refractivity contribution in [3.8, 4) is 5.75 Å². The van der Waals surface area contributed by atoms with E-state index in [0.717, 1.165) is 28.1 Å². The first-order valence-electron chi connectivity index (χ1n) is 12.4. The highest BCUT2D eigenvalue weighted by molar-refractivity contribution is 7.90. The van der Waals surface area contributed by atoms with E-state index >= 15 is 0 Å². The number of anilines is 1. The molecular weight excluding hydrogens is 486 g/mol. The summed E-state index contributed by atoms with van der Waals surface area (Å²) in [6.07, 6.45) is 1.63. The summed E-state index contributed by atoms with van der Waals surface area (Å²) in [6.45, 7) is 4.60. The first-order valence-corrected chi connectivity index (χ1v) is 14.0. The number of rotatable bonds is 7. The summed E-state index contributed by atoms with van der Waals surface area (Å²) >= 11 is 0. The highest BCUT2D eigenvalue weighted by atomic mass is 32.2. The fourth-order valence-electron chi connectivity index (χ4n) is 4.98. The molecule has 192 valence electrons. The first kappa shape index (κ1) is 24.9. The van der Waals surface area contributed by atoms with Gasteiger partial charge in [0.15, 0.2) is 9.84 Å². The second-order valence-electron chi connectivity index (χ2n) is 9.36. The maximum atomic E-state index is 13.5. The molecular formula is C29H31N3O4S. The average Bonchev–Trinajstić information content (AvgIpc) is 3.29. The third kappa shape index (κ3) is 5.06. The van der Waals surface area contributed by atoms with Crippen LogP contribution < -0.4 is 9.64 Å². The largest absolute Gasteiger partial charge is 0.495 e. The second-order valence-corrected chi connectivity index (χ2v) is 11.3. The predicted octanol–water partition coefficient (Wildman–Crippen LogP) is 4.28. The van der Waals surface area contributed by atoms with Crippen molar-refractivity contribution in [1.29, 1.82) is 0 Å². The summed E-state index contributed by atoms with van der Waals surface area (Å²) in [4.78, 5) is 17.6. The smallest absolute Gasteiger partial charge is 0.242 e. The number of carbonyl (C=O) groups excluding carboxylic acids is 1. The summed E-state index contributed by atoms with van der Waals surface area (Å²) in [5, 5.41) is 0.643. The number of aromatic nitrogens is 1. The van der Waals surface area contributed by atoms with Crippen LogP contribution in [-0.2, 0) is 26.9 Å². The van der Waals surface area contributed by atoms with Crippen molar-refractivity contribution < 1.29 is 17.9 Å². The first-order chi connectivity index (χ1) is 17.9. The summed E-state index contributed by atoms with van der Waals surface area (Å²) in [7, 11) is -1.95. The van der Waals surface area contributed by atoms with Crippen molar-refractivity contribution in [3.05, 3.63) is 90.1 Å². The normalized spacial score (nSPS) is 14.2. The van der Waals surface area contributed by atoms with Gasteiger partial charge in [-0.1, -0.05) is 54.6 Å². The van der Waals surface area contributed by atoms with Crippen molar-refractivity contribution >= 4 is 32.3 Å². The summed E-state index contributed by atoms with van der Waals surface area (Å²) < 4.78 is 34.2. The van der Waals surface area contributed by atoms with Crippen LogP contribution in [0, 0.1) is 6.92 Å². The van der Waals surface area contributed by atoms with Gasteiger partial charge in [0.25, 0.3) is 0 Å². The van der Waals surface area contributed by atoms with Gasteiger partial charge >= 0.3 is 0 Å². The van der Waals surface area contributed by atoms with Crippen molar-refractivity contribution in [2.75, 3.05) is 38.2 Å². The number of amides is 1. The second kappa shape index (κ2) is 10.3. The van der Waals surface area contributed by atoms with Gasteiger partial charge in [0.1, 0.15) is 12.3 Å². The molecule has 2 heterocycles. The molecule has 1 aromatic heterocycles. The molecule has 0 atom stereocenters. The molecule has 8 heteroatoms. The molecule has 0 saturated carbocycles. The standard InChI is InChI=1S/C29H31N3O4S/c1-22-9-3-4-10-23(22)21-37(34,35)28-19-32(25-12-6-5-11-24(25)28)20-29(33)31-17-15-30(16-18-31)26-13-7-8-14-27(26)36-2/h3-14,19H,15-18,20-21H2,1-2H3. The number of piperazine rings is 1. The zero-order chi connectivity index (χ0) is 26.0. The molecule has 0 aliphatic carbocycles. The number of nitrogens with zero attached hydrogens (tertiary/aromatic N) is 3. The third-order valence-corrected chi connectivity index (χ3v) is 8.74. The summed E-state index contributed by atoms with van der Waals surface area (Å²) in [6, 6.07) is 22.8. The minimum absolute atomic E-state index is 0.0247. The number of benzene rings is 3. The molecule has 1 fully saturated rings. The van der Waals surface area contributed by atoms with E-state index in [2.05, 4.69) is 4.90 Å². The van der Waals surface area contributed by atoms with Crippen LogP contribution in [0.4, 0.5) is 5.69 Å². The maximum Gasteiger partial charge on any atom is 0.242 e. The Balaban J connectivity index is 1.34. The fraction of sp³-hybridized carbons (Fsp3) is 0.276. The molecule has 7 nitrogen and oxygen atoms in total. The van der Waals surface area contributed by atoms with Crippen LogP contribution in [-0.4, -0.2) is 57.1 Å². The third-order valence-electron chi connectivity index (χ3n) is 7.06. The van der Waals surface area contributed by atoms with Crippen LogP contribution in [0.1, 0.15) is 11.1 Å². The van der Waals surface area contributed by atoms with Gasteiger partial charge in [0.2, 0.25) is 5.91 Å². The van der Waals surface area contributed by atoms with E-state index in [1.807, 2.05) is 84.6 Å². The Bertz CT molecular complexity index is 1540. The average molecular weight is 518 g/mol. The molecule has 1 aliphatic heterocycles. The summed E-state index contributed by atoms with van der Waals surface area (Å²) in [5.74, 6) is 0.718. The molecule has 1 saturated heterocycles. The number of para-hydroxylation sites is 3. The van der Waals surface area contributed by atoms with Crippen LogP contribution in [0.15, 0.2) is 83.9 Å². The quantitative estimate of drug-likeness (QED) is 0.366. The van der Waals surface area contributed by atoms with Gasteiger partial charge in [-0.15, -0.1) is 0 Å². The zero-order valence-electron chi connectivity index (χ0n) is 21.1. The number of hydrogen-bond acceptors (Lipinski definition) is 5. The lowest BCUT2D eigenvalue weighted by Gasteiger charge is -2.36. The number of ether oxygens (including phenoxy) is 1. The van der Waals surface area contributed by atoms with Crippen LogP contribution in [0.2, 0.25) is 0 Å². The Labute approximate surface area is 217 Å². The Hall–Kier alpha value is -3.78. The predicted molar refractivity (Wildman–Crippen MR) is 146 cm³/mol. The molecule has 37 heavy (non-hydrogen) atoms. The molecule has 3 aromatic carbocycles. The maximum absolute atomic E-state index is 13.5. The number of carbonyl (C=O) groups is 1. The Morgan fingerprint density at radius 3 is 2.32 bits per heavy atom. The molecule has 0 spiro atoms.